The van der Waals surface area contributed by atoms with Crippen molar-refractivity contribution in [2.24, 2.45) is 7.05 Å². The molecule has 1 aromatic carbocycles. The van der Waals surface area contributed by atoms with Crippen LogP contribution in [0.5, 0.6) is 5.88 Å². The van der Waals surface area contributed by atoms with Crippen molar-refractivity contribution < 1.29 is 27.2 Å². The average Bonchev–Trinajstić information content (AvgIpc) is 3.54. The fourth-order valence-electron chi connectivity index (χ4n) is 3.27. The Kier molecular flexibility index (Phi) is 9.91. The van der Waals surface area contributed by atoms with Crippen molar-refractivity contribution in [3.8, 4) is 28.7 Å². The van der Waals surface area contributed by atoms with Gasteiger partial charge >= 0.3 is 6.18 Å². The van der Waals surface area contributed by atoms with Gasteiger partial charge in [0.05, 0.1) is 23.0 Å². The SMILES string of the molecule is C/C=C\C=C/C(C)=O.CCc1cccc(-c2noc(-c3cnn(C)c3COc3ccc(C(F)(F)F)cn3)n2)c1. The highest BCUT2D eigenvalue weighted by molar-refractivity contribution is 5.87. The topological polar surface area (TPSA) is 95.9 Å². The Morgan fingerprint density at radius 3 is 2.59 bits per heavy atom. The van der Waals surface area contributed by atoms with E-state index in [0.29, 0.717) is 17.1 Å². The maximum atomic E-state index is 12.7. The minimum Gasteiger partial charge on any atom is -0.471 e. The van der Waals surface area contributed by atoms with Gasteiger partial charge in [0.1, 0.15) is 6.61 Å². The third kappa shape index (κ3) is 8.22. The largest absolute Gasteiger partial charge is 0.471 e. The van der Waals surface area contributed by atoms with Crippen LogP contribution in [0.3, 0.4) is 0 Å². The van der Waals surface area contributed by atoms with E-state index in [-0.39, 0.29) is 24.2 Å². The van der Waals surface area contributed by atoms with E-state index in [1.807, 2.05) is 43.3 Å². The molecule has 0 aliphatic rings. The van der Waals surface area contributed by atoms with Crippen molar-refractivity contribution in [1.29, 1.82) is 0 Å². The summed E-state index contributed by atoms with van der Waals surface area (Å²) >= 11 is 0. The number of hydrogen-bond donors (Lipinski definition) is 0. The van der Waals surface area contributed by atoms with Gasteiger partial charge in [0.15, 0.2) is 5.78 Å². The lowest BCUT2D eigenvalue weighted by atomic mass is 10.1. The summed E-state index contributed by atoms with van der Waals surface area (Å²) in [5, 5.41) is 8.26. The summed E-state index contributed by atoms with van der Waals surface area (Å²) < 4.78 is 50.6. The van der Waals surface area contributed by atoms with Crippen LogP contribution in [0.25, 0.3) is 22.8 Å². The second-order valence-corrected chi connectivity index (χ2v) is 8.27. The Labute approximate surface area is 223 Å². The fraction of sp³-hybridized carbons (Fsp3) is 0.250. The number of nitrogens with zero attached hydrogens (tertiary/aromatic N) is 5. The standard InChI is InChI=1S/C21H18F3N5O2.C7H10O/c1-3-13-5-4-6-14(9-13)19-27-20(31-28-19)16-11-26-29(2)17(16)12-30-18-8-7-15(10-25-18)21(22,23)24;1-3-4-5-6-7(2)8/h4-11H,3,12H2,1-2H3;3-6H,1-2H3/b;4-3-,6-5-. The summed E-state index contributed by atoms with van der Waals surface area (Å²) in [7, 11) is 1.71. The Balaban J connectivity index is 0.000000459. The number of benzene rings is 1. The molecule has 39 heavy (non-hydrogen) atoms. The average molecular weight is 540 g/mol. The van der Waals surface area contributed by atoms with Crippen LogP contribution in [0.4, 0.5) is 13.2 Å². The normalized spacial score (nSPS) is 11.6. The molecule has 0 saturated heterocycles. The van der Waals surface area contributed by atoms with E-state index in [9.17, 15) is 18.0 Å². The number of allylic oxidation sites excluding steroid dienone is 4. The second-order valence-electron chi connectivity index (χ2n) is 8.27. The fourth-order valence-corrected chi connectivity index (χ4v) is 3.27. The van der Waals surface area contributed by atoms with Gasteiger partial charge in [-0.05, 0) is 44.0 Å². The summed E-state index contributed by atoms with van der Waals surface area (Å²) in [6.45, 7) is 5.51. The van der Waals surface area contributed by atoms with E-state index >= 15 is 0 Å². The summed E-state index contributed by atoms with van der Waals surface area (Å²) in [5.41, 5.74) is 2.33. The Morgan fingerprint density at radius 1 is 1.15 bits per heavy atom. The first-order chi connectivity index (χ1) is 18.6. The molecule has 0 unspecified atom stereocenters. The highest BCUT2D eigenvalue weighted by atomic mass is 19.4. The van der Waals surface area contributed by atoms with E-state index in [2.05, 4.69) is 27.1 Å². The second kappa shape index (κ2) is 13.3. The molecule has 0 aliphatic heterocycles. The van der Waals surface area contributed by atoms with Crippen LogP contribution in [0.15, 0.2) is 77.6 Å². The van der Waals surface area contributed by atoms with Crippen LogP contribution < -0.4 is 4.74 Å². The molecule has 0 saturated carbocycles. The predicted octanol–water partition coefficient (Wildman–Crippen LogP) is 6.40. The number of pyridine rings is 1. The van der Waals surface area contributed by atoms with Gasteiger partial charge in [-0.2, -0.15) is 23.3 Å². The van der Waals surface area contributed by atoms with Gasteiger partial charge in [0.25, 0.3) is 5.89 Å². The molecule has 0 N–H and O–H groups in total. The predicted molar refractivity (Wildman–Crippen MR) is 140 cm³/mol. The van der Waals surface area contributed by atoms with E-state index in [0.717, 1.165) is 29.8 Å². The Morgan fingerprint density at radius 2 is 1.95 bits per heavy atom. The van der Waals surface area contributed by atoms with E-state index in [1.165, 1.54) is 19.1 Å². The number of carbonyl (C=O) groups is 1. The first-order valence-corrected chi connectivity index (χ1v) is 12.0. The minimum atomic E-state index is -4.45. The number of ketones is 1. The number of aryl methyl sites for hydroxylation is 2. The first-order valence-electron chi connectivity index (χ1n) is 12.0. The molecule has 8 nitrogen and oxygen atoms in total. The third-order valence-electron chi connectivity index (χ3n) is 5.37. The molecule has 204 valence electrons. The number of aromatic nitrogens is 5. The summed E-state index contributed by atoms with van der Waals surface area (Å²) in [4.78, 5) is 18.4. The van der Waals surface area contributed by atoms with Crippen LogP contribution in [-0.2, 0) is 31.0 Å². The molecule has 0 spiro atoms. The first kappa shape index (κ1) is 29.0. The molecular weight excluding hydrogens is 511 g/mol. The van der Waals surface area contributed by atoms with Crippen molar-refractivity contribution in [3.63, 3.8) is 0 Å². The van der Waals surface area contributed by atoms with Crippen molar-refractivity contribution in [2.45, 2.75) is 40.0 Å². The Hall–Kier alpha value is -4.54. The van der Waals surface area contributed by atoms with E-state index < -0.39 is 11.7 Å². The van der Waals surface area contributed by atoms with Crippen molar-refractivity contribution in [2.75, 3.05) is 0 Å². The molecular formula is C28H28F3N5O3. The van der Waals surface area contributed by atoms with Crippen LogP contribution in [0, 0.1) is 0 Å². The molecule has 0 amide bonds. The molecule has 0 aliphatic carbocycles. The van der Waals surface area contributed by atoms with Gasteiger partial charge in [0.2, 0.25) is 11.7 Å². The number of halogens is 3. The van der Waals surface area contributed by atoms with E-state index in [4.69, 9.17) is 9.26 Å². The number of ether oxygens (including phenoxy) is 1. The summed E-state index contributed by atoms with van der Waals surface area (Å²) in [6.07, 6.45) is 5.68. The number of alkyl halides is 3. The maximum absolute atomic E-state index is 12.7. The van der Waals surface area contributed by atoms with Gasteiger partial charge in [-0.15, -0.1) is 0 Å². The van der Waals surface area contributed by atoms with Crippen LogP contribution >= 0.6 is 0 Å². The molecule has 0 radical (unpaired) electrons. The number of rotatable bonds is 8. The number of carbonyl (C=O) groups excluding carboxylic acids is 1. The highest BCUT2D eigenvalue weighted by Gasteiger charge is 2.30. The Bertz CT molecular complexity index is 1440. The zero-order valence-corrected chi connectivity index (χ0v) is 21.9. The molecule has 0 atom stereocenters. The van der Waals surface area contributed by atoms with Gasteiger partial charge in [-0.25, -0.2) is 4.98 Å². The molecule has 0 bridgehead atoms. The quantitative estimate of drug-likeness (QED) is 0.189. The molecule has 3 aromatic heterocycles. The van der Waals surface area contributed by atoms with Gasteiger partial charge in [-0.3, -0.25) is 9.48 Å². The van der Waals surface area contributed by atoms with Crippen LogP contribution in [0.2, 0.25) is 0 Å². The summed E-state index contributed by atoms with van der Waals surface area (Å²) in [6, 6.07) is 9.95. The lowest BCUT2D eigenvalue weighted by Gasteiger charge is -2.09. The van der Waals surface area contributed by atoms with Crippen molar-refractivity contribution in [1.82, 2.24) is 24.9 Å². The van der Waals surface area contributed by atoms with Crippen LogP contribution in [0.1, 0.15) is 37.6 Å². The lowest BCUT2D eigenvalue weighted by Crippen LogP contribution is -2.07. The minimum absolute atomic E-state index is 0.00717. The highest BCUT2D eigenvalue weighted by Crippen LogP contribution is 2.30. The zero-order chi connectivity index (χ0) is 28.4. The summed E-state index contributed by atoms with van der Waals surface area (Å²) in [5.74, 6) is 0.861. The maximum Gasteiger partial charge on any atom is 0.417 e. The van der Waals surface area contributed by atoms with Gasteiger partial charge < -0.3 is 9.26 Å². The smallest absolute Gasteiger partial charge is 0.417 e. The molecule has 0 fully saturated rings. The molecule has 3 heterocycles. The molecule has 4 aromatic rings. The zero-order valence-electron chi connectivity index (χ0n) is 21.9. The van der Waals surface area contributed by atoms with Crippen molar-refractivity contribution >= 4 is 5.78 Å². The van der Waals surface area contributed by atoms with Gasteiger partial charge in [0, 0.05) is 24.9 Å². The van der Waals surface area contributed by atoms with E-state index in [1.54, 1.807) is 24.0 Å². The van der Waals surface area contributed by atoms with Crippen molar-refractivity contribution in [3.05, 3.63) is 89.9 Å². The molecule has 4 rings (SSSR count). The third-order valence-corrected chi connectivity index (χ3v) is 5.37. The van der Waals surface area contributed by atoms with Gasteiger partial charge in [-0.1, -0.05) is 48.5 Å². The lowest BCUT2D eigenvalue weighted by molar-refractivity contribution is -0.137. The van der Waals surface area contributed by atoms with Crippen LogP contribution in [-0.4, -0.2) is 30.7 Å². The number of hydrogen-bond acceptors (Lipinski definition) is 7. The monoisotopic (exact) mass is 539 g/mol. The molecule has 11 heteroatoms.